The molecule has 0 amide bonds. The summed E-state index contributed by atoms with van der Waals surface area (Å²) < 4.78 is 32.6. The Hall–Kier alpha value is -2.20. The predicted molar refractivity (Wildman–Crippen MR) is 82.7 cm³/mol. The van der Waals surface area contributed by atoms with Gasteiger partial charge in [0.15, 0.2) is 10.8 Å². The van der Waals surface area contributed by atoms with Crippen molar-refractivity contribution in [2.24, 2.45) is 0 Å². The second kappa shape index (κ2) is 6.50. The Morgan fingerprint density at radius 1 is 1.43 bits per heavy atom. The lowest BCUT2D eigenvalue weighted by Crippen LogP contribution is -2.37. The number of sulfonamides is 1. The van der Waals surface area contributed by atoms with Crippen LogP contribution >= 0.6 is 0 Å². The van der Waals surface area contributed by atoms with E-state index >= 15 is 0 Å². The van der Waals surface area contributed by atoms with Gasteiger partial charge in [-0.1, -0.05) is 0 Å². The fraction of sp³-hybridized carbons (Fsp3) is 0.462. The maximum absolute atomic E-state index is 12.2. The van der Waals surface area contributed by atoms with Crippen molar-refractivity contribution < 1.29 is 13.2 Å². The monoisotopic (exact) mass is 338 g/mol. The van der Waals surface area contributed by atoms with Crippen LogP contribution in [0.4, 0.5) is 5.82 Å². The maximum Gasteiger partial charge on any atom is 0.257 e. The van der Waals surface area contributed by atoms with Crippen molar-refractivity contribution >= 4 is 15.8 Å². The van der Waals surface area contributed by atoms with Gasteiger partial charge in [0, 0.05) is 31.5 Å². The molecule has 2 aromatic heterocycles. The molecule has 0 saturated carbocycles. The fourth-order valence-electron chi connectivity index (χ4n) is 2.50. The first-order valence-corrected chi connectivity index (χ1v) is 8.78. The summed E-state index contributed by atoms with van der Waals surface area (Å²) in [5.41, 5.74) is 0. The van der Waals surface area contributed by atoms with E-state index in [0.29, 0.717) is 37.8 Å². The van der Waals surface area contributed by atoms with Crippen molar-refractivity contribution in [3.8, 4) is 5.88 Å². The second-order valence-electron chi connectivity index (χ2n) is 5.09. The van der Waals surface area contributed by atoms with Gasteiger partial charge in [-0.15, -0.1) is 0 Å². The molecular weight excluding hydrogens is 320 g/mol. The lowest BCUT2D eigenvalue weighted by molar-refractivity contribution is 0.326. The molecule has 9 nitrogen and oxygen atoms in total. The summed E-state index contributed by atoms with van der Waals surface area (Å²) in [4.78, 5) is 16.8. The normalized spacial score (nSPS) is 18.3. The predicted octanol–water partition coefficient (Wildman–Crippen LogP) is 0.156. The Morgan fingerprint density at radius 3 is 3.00 bits per heavy atom. The summed E-state index contributed by atoms with van der Waals surface area (Å²) in [7, 11) is -3.59. The maximum atomic E-state index is 12.2. The topological polar surface area (TPSA) is 113 Å². The first-order chi connectivity index (χ1) is 11.1. The highest BCUT2D eigenvalue weighted by Gasteiger charge is 2.30. The molecule has 1 fully saturated rings. The molecule has 1 saturated heterocycles. The first-order valence-electron chi connectivity index (χ1n) is 7.29. The summed E-state index contributed by atoms with van der Waals surface area (Å²) in [6.07, 6.45) is 6.47. The number of aromatic nitrogens is 4. The fourth-order valence-corrected chi connectivity index (χ4v) is 3.66. The molecular formula is C13H18N6O3S. The van der Waals surface area contributed by atoms with Gasteiger partial charge in [-0.05, 0) is 13.3 Å². The summed E-state index contributed by atoms with van der Waals surface area (Å²) in [6.45, 7) is 3.56. The van der Waals surface area contributed by atoms with Crippen LogP contribution in [0.3, 0.4) is 0 Å². The third kappa shape index (κ3) is 3.42. The molecule has 1 aliphatic heterocycles. The van der Waals surface area contributed by atoms with Gasteiger partial charge in [0.05, 0.1) is 19.1 Å². The minimum absolute atomic E-state index is 0.0606. The number of anilines is 1. The summed E-state index contributed by atoms with van der Waals surface area (Å²) in [6, 6.07) is -0.209. The van der Waals surface area contributed by atoms with Gasteiger partial charge >= 0.3 is 0 Å². The molecule has 1 aliphatic rings. The van der Waals surface area contributed by atoms with Gasteiger partial charge in [-0.3, -0.25) is 0 Å². The Kier molecular flexibility index (Phi) is 4.44. The number of nitrogens with zero attached hydrogens (tertiary/aromatic N) is 4. The van der Waals surface area contributed by atoms with Gasteiger partial charge in [-0.25, -0.2) is 28.1 Å². The molecule has 1 unspecified atom stereocenters. The molecule has 0 radical (unpaired) electrons. The standard InChI is InChI=1S/C13H18N6O3S/c1-2-22-13-12(15-4-5-16-13)19-6-3-10(8-19)18-23(20,21)11-7-14-9-17-11/h4-5,7,9-10,18H,2-3,6,8H2,1H3,(H,14,17). The zero-order valence-electron chi connectivity index (χ0n) is 12.6. The summed E-state index contributed by atoms with van der Waals surface area (Å²) in [5.74, 6) is 1.10. The van der Waals surface area contributed by atoms with E-state index < -0.39 is 10.0 Å². The summed E-state index contributed by atoms with van der Waals surface area (Å²) in [5, 5.41) is 0.0606. The van der Waals surface area contributed by atoms with E-state index in [-0.39, 0.29) is 11.1 Å². The van der Waals surface area contributed by atoms with E-state index in [2.05, 4.69) is 24.7 Å². The lowest BCUT2D eigenvalue weighted by Gasteiger charge is -2.19. The van der Waals surface area contributed by atoms with Crippen LogP contribution in [0.25, 0.3) is 0 Å². The largest absolute Gasteiger partial charge is 0.475 e. The quantitative estimate of drug-likeness (QED) is 0.771. The number of H-pyrrole nitrogens is 1. The number of rotatable bonds is 6. The first kappa shape index (κ1) is 15.7. The molecule has 124 valence electrons. The number of hydrogen-bond donors (Lipinski definition) is 2. The van der Waals surface area contributed by atoms with E-state index in [1.54, 1.807) is 12.4 Å². The van der Waals surface area contributed by atoms with Gasteiger partial charge in [-0.2, -0.15) is 0 Å². The third-order valence-corrected chi connectivity index (χ3v) is 4.95. The Balaban J connectivity index is 1.70. The number of ether oxygens (including phenoxy) is 1. The van der Waals surface area contributed by atoms with E-state index in [0.717, 1.165) is 0 Å². The Bertz CT molecular complexity index is 749. The average Bonchev–Trinajstić information content (AvgIpc) is 3.19. The van der Waals surface area contributed by atoms with E-state index in [1.165, 1.54) is 12.5 Å². The molecule has 0 aliphatic carbocycles. The van der Waals surface area contributed by atoms with Gasteiger partial charge in [0.25, 0.3) is 15.9 Å². The van der Waals surface area contributed by atoms with Crippen molar-refractivity contribution in [3.05, 3.63) is 24.9 Å². The number of nitrogens with one attached hydrogen (secondary N) is 2. The van der Waals surface area contributed by atoms with Crippen LogP contribution in [0, 0.1) is 0 Å². The smallest absolute Gasteiger partial charge is 0.257 e. The van der Waals surface area contributed by atoms with Crippen LogP contribution < -0.4 is 14.4 Å². The zero-order chi connectivity index (χ0) is 16.3. The molecule has 0 bridgehead atoms. The van der Waals surface area contributed by atoms with Crippen LogP contribution in [-0.2, 0) is 10.0 Å². The molecule has 0 aromatic carbocycles. The minimum atomic E-state index is -3.59. The van der Waals surface area contributed by atoms with Gasteiger partial charge in [0.2, 0.25) is 0 Å². The number of hydrogen-bond acceptors (Lipinski definition) is 7. The molecule has 2 N–H and O–H groups in total. The van der Waals surface area contributed by atoms with Crippen molar-refractivity contribution in [1.82, 2.24) is 24.7 Å². The molecule has 2 aromatic rings. The van der Waals surface area contributed by atoms with Crippen LogP contribution in [0.5, 0.6) is 5.88 Å². The van der Waals surface area contributed by atoms with Crippen molar-refractivity contribution in [1.29, 1.82) is 0 Å². The van der Waals surface area contributed by atoms with E-state index in [4.69, 9.17) is 4.74 Å². The Morgan fingerprint density at radius 2 is 2.26 bits per heavy atom. The average molecular weight is 338 g/mol. The third-order valence-electron chi connectivity index (χ3n) is 3.50. The highest BCUT2D eigenvalue weighted by atomic mass is 32.2. The van der Waals surface area contributed by atoms with Crippen molar-refractivity contribution in [2.45, 2.75) is 24.4 Å². The van der Waals surface area contributed by atoms with Crippen LogP contribution in [0.15, 0.2) is 29.9 Å². The zero-order valence-corrected chi connectivity index (χ0v) is 13.5. The van der Waals surface area contributed by atoms with E-state index in [9.17, 15) is 8.42 Å². The van der Waals surface area contributed by atoms with Crippen molar-refractivity contribution in [3.63, 3.8) is 0 Å². The molecule has 3 heterocycles. The Labute approximate surface area is 134 Å². The molecule has 23 heavy (non-hydrogen) atoms. The van der Waals surface area contributed by atoms with Gasteiger partial charge < -0.3 is 14.6 Å². The highest BCUT2D eigenvalue weighted by Crippen LogP contribution is 2.26. The van der Waals surface area contributed by atoms with Crippen LogP contribution in [0.1, 0.15) is 13.3 Å². The SMILES string of the molecule is CCOc1nccnc1N1CCC(NS(=O)(=O)c2cnc[nH]2)C1. The molecule has 1 atom stereocenters. The number of imidazole rings is 1. The van der Waals surface area contributed by atoms with E-state index in [1.807, 2.05) is 11.8 Å². The summed E-state index contributed by atoms with van der Waals surface area (Å²) >= 11 is 0. The minimum Gasteiger partial charge on any atom is -0.475 e. The molecule has 3 rings (SSSR count). The second-order valence-corrected chi connectivity index (χ2v) is 6.77. The lowest BCUT2D eigenvalue weighted by atomic mass is 10.3. The van der Waals surface area contributed by atoms with Crippen LogP contribution in [0.2, 0.25) is 0 Å². The highest BCUT2D eigenvalue weighted by molar-refractivity contribution is 7.89. The van der Waals surface area contributed by atoms with Crippen molar-refractivity contribution in [2.75, 3.05) is 24.6 Å². The molecule has 0 spiro atoms. The van der Waals surface area contributed by atoms with Gasteiger partial charge in [0.1, 0.15) is 0 Å². The molecule has 10 heteroatoms. The van der Waals surface area contributed by atoms with Crippen LogP contribution in [-0.4, -0.2) is 54.1 Å². The number of aromatic amines is 1.